The van der Waals surface area contributed by atoms with Crippen LogP contribution < -0.4 is 5.32 Å². The Morgan fingerprint density at radius 2 is 2.05 bits per heavy atom. The van der Waals surface area contributed by atoms with Crippen LogP contribution >= 0.6 is 0 Å². The second-order valence-corrected chi connectivity index (χ2v) is 4.48. The molecular formula is C15H15N5. The van der Waals surface area contributed by atoms with Crippen molar-refractivity contribution in [1.82, 2.24) is 19.7 Å². The molecule has 20 heavy (non-hydrogen) atoms. The first-order chi connectivity index (χ1) is 9.83. The largest absolute Gasteiger partial charge is 0.381 e. The fraction of sp³-hybridized carbons (Fsp3) is 0.133. The number of anilines is 1. The predicted molar refractivity (Wildman–Crippen MR) is 77.7 cm³/mol. The summed E-state index contributed by atoms with van der Waals surface area (Å²) in [5, 5.41) is 7.62. The molecular weight excluding hydrogens is 250 g/mol. The maximum Gasteiger partial charge on any atom is 0.158 e. The number of aryl methyl sites for hydroxylation is 1. The summed E-state index contributed by atoms with van der Waals surface area (Å²) >= 11 is 0. The average Bonchev–Trinajstić information content (AvgIpc) is 3.00. The van der Waals surface area contributed by atoms with Gasteiger partial charge in [-0.15, -0.1) is 0 Å². The molecule has 3 heterocycles. The first-order valence-corrected chi connectivity index (χ1v) is 6.43. The molecule has 0 aliphatic carbocycles. The van der Waals surface area contributed by atoms with Gasteiger partial charge in [-0.3, -0.25) is 4.98 Å². The van der Waals surface area contributed by atoms with Crippen LogP contribution in [0.2, 0.25) is 0 Å². The van der Waals surface area contributed by atoms with Crippen LogP contribution in [0.1, 0.15) is 11.3 Å². The summed E-state index contributed by atoms with van der Waals surface area (Å²) in [6.45, 7) is 2.66. The fourth-order valence-electron chi connectivity index (χ4n) is 2.02. The SMILES string of the molecule is Cc1cc(NCc2cccnc2-n2cccn2)ccn1. The Hall–Kier alpha value is -2.69. The molecule has 0 spiro atoms. The smallest absolute Gasteiger partial charge is 0.158 e. The van der Waals surface area contributed by atoms with E-state index >= 15 is 0 Å². The van der Waals surface area contributed by atoms with E-state index in [0.29, 0.717) is 6.54 Å². The molecule has 1 N–H and O–H groups in total. The molecule has 0 radical (unpaired) electrons. The van der Waals surface area contributed by atoms with Gasteiger partial charge in [0.25, 0.3) is 0 Å². The third-order valence-corrected chi connectivity index (χ3v) is 2.97. The van der Waals surface area contributed by atoms with E-state index in [1.54, 1.807) is 23.3 Å². The van der Waals surface area contributed by atoms with Crippen LogP contribution in [-0.4, -0.2) is 19.7 Å². The second-order valence-electron chi connectivity index (χ2n) is 4.48. The monoisotopic (exact) mass is 265 g/mol. The molecule has 3 aromatic rings. The lowest BCUT2D eigenvalue weighted by atomic mass is 10.2. The van der Waals surface area contributed by atoms with Crippen molar-refractivity contribution >= 4 is 5.69 Å². The highest BCUT2D eigenvalue weighted by molar-refractivity contribution is 5.45. The third-order valence-electron chi connectivity index (χ3n) is 2.97. The van der Waals surface area contributed by atoms with Crippen molar-refractivity contribution < 1.29 is 0 Å². The van der Waals surface area contributed by atoms with Gasteiger partial charge in [-0.1, -0.05) is 6.07 Å². The summed E-state index contributed by atoms with van der Waals surface area (Å²) < 4.78 is 1.77. The molecule has 0 amide bonds. The van der Waals surface area contributed by atoms with Gasteiger partial charge in [0.15, 0.2) is 5.82 Å². The lowest BCUT2D eigenvalue weighted by molar-refractivity contribution is 0.829. The number of nitrogens with one attached hydrogen (secondary N) is 1. The minimum atomic E-state index is 0.687. The van der Waals surface area contributed by atoms with Crippen molar-refractivity contribution in [3.05, 3.63) is 66.4 Å². The zero-order valence-electron chi connectivity index (χ0n) is 11.2. The zero-order valence-corrected chi connectivity index (χ0v) is 11.2. The Morgan fingerprint density at radius 1 is 1.10 bits per heavy atom. The molecule has 0 aliphatic heterocycles. The van der Waals surface area contributed by atoms with Crippen molar-refractivity contribution in [1.29, 1.82) is 0 Å². The van der Waals surface area contributed by atoms with Gasteiger partial charge >= 0.3 is 0 Å². The summed E-state index contributed by atoms with van der Waals surface area (Å²) in [5.74, 6) is 0.843. The average molecular weight is 265 g/mol. The maximum atomic E-state index is 4.40. The van der Waals surface area contributed by atoms with E-state index in [9.17, 15) is 0 Å². The van der Waals surface area contributed by atoms with E-state index in [4.69, 9.17) is 0 Å². The second kappa shape index (κ2) is 5.52. The standard InChI is InChI=1S/C15H15N5/c1-12-10-14(5-8-16-12)18-11-13-4-2-6-17-15(13)20-9-3-7-19-20/h2-10H,11H2,1H3,(H,16,18). The predicted octanol–water partition coefficient (Wildman–Crippen LogP) is 2.58. The first-order valence-electron chi connectivity index (χ1n) is 6.43. The van der Waals surface area contributed by atoms with E-state index in [-0.39, 0.29) is 0 Å². The Labute approximate surface area is 117 Å². The minimum absolute atomic E-state index is 0.687. The van der Waals surface area contributed by atoms with Gasteiger partial charge < -0.3 is 5.32 Å². The van der Waals surface area contributed by atoms with Crippen LogP contribution in [0.4, 0.5) is 5.69 Å². The van der Waals surface area contributed by atoms with E-state index in [1.165, 1.54) is 0 Å². The van der Waals surface area contributed by atoms with Gasteiger partial charge in [0.1, 0.15) is 0 Å². The van der Waals surface area contributed by atoms with Crippen LogP contribution in [0.15, 0.2) is 55.1 Å². The van der Waals surface area contributed by atoms with Crippen molar-refractivity contribution in [3.63, 3.8) is 0 Å². The van der Waals surface area contributed by atoms with Crippen LogP contribution in [-0.2, 0) is 6.54 Å². The van der Waals surface area contributed by atoms with Crippen LogP contribution in [0.3, 0.4) is 0 Å². The van der Waals surface area contributed by atoms with Crippen LogP contribution in [0.25, 0.3) is 5.82 Å². The molecule has 0 aliphatic rings. The van der Waals surface area contributed by atoms with Gasteiger partial charge in [0.05, 0.1) is 0 Å². The van der Waals surface area contributed by atoms with E-state index in [0.717, 1.165) is 22.8 Å². The highest BCUT2D eigenvalue weighted by Gasteiger charge is 2.05. The third kappa shape index (κ3) is 2.66. The molecule has 0 aromatic carbocycles. The molecule has 100 valence electrons. The molecule has 3 rings (SSSR count). The Balaban J connectivity index is 1.81. The van der Waals surface area contributed by atoms with Gasteiger partial charge in [-0.25, -0.2) is 9.67 Å². The molecule has 0 atom stereocenters. The molecule has 0 fully saturated rings. The molecule has 5 heteroatoms. The fourth-order valence-corrected chi connectivity index (χ4v) is 2.02. The van der Waals surface area contributed by atoms with Crippen molar-refractivity contribution in [3.8, 4) is 5.82 Å². The van der Waals surface area contributed by atoms with E-state index in [1.807, 2.05) is 43.5 Å². The van der Waals surface area contributed by atoms with E-state index in [2.05, 4.69) is 20.4 Å². The summed E-state index contributed by atoms with van der Waals surface area (Å²) in [4.78, 5) is 8.59. The molecule has 0 unspecified atom stereocenters. The summed E-state index contributed by atoms with van der Waals surface area (Å²) in [7, 11) is 0. The van der Waals surface area contributed by atoms with Gasteiger partial charge in [0, 0.05) is 48.3 Å². The minimum Gasteiger partial charge on any atom is -0.381 e. The van der Waals surface area contributed by atoms with Crippen LogP contribution in [0.5, 0.6) is 0 Å². The van der Waals surface area contributed by atoms with Crippen molar-refractivity contribution in [2.24, 2.45) is 0 Å². The van der Waals surface area contributed by atoms with E-state index < -0.39 is 0 Å². The number of nitrogens with zero attached hydrogens (tertiary/aromatic N) is 4. The number of hydrogen-bond acceptors (Lipinski definition) is 4. The Morgan fingerprint density at radius 3 is 2.85 bits per heavy atom. The van der Waals surface area contributed by atoms with Crippen molar-refractivity contribution in [2.45, 2.75) is 13.5 Å². The molecule has 5 nitrogen and oxygen atoms in total. The summed E-state index contributed by atoms with van der Waals surface area (Å²) in [6, 6.07) is 9.84. The number of aromatic nitrogens is 4. The highest BCUT2D eigenvalue weighted by Crippen LogP contribution is 2.14. The molecule has 0 saturated heterocycles. The summed E-state index contributed by atoms with van der Waals surface area (Å²) in [5.41, 5.74) is 3.13. The number of rotatable bonds is 4. The topological polar surface area (TPSA) is 55.6 Å². The van der Waals surface area contributed by atoms with Gasteiger partial charge in [-0.05, 0) is 31.2 Å². The Kier molecular flexibility index (Phi) is 3.41. The van der Waals surface area contributed by atoms with Gasteiger partial charge in [0.2, 0.25) is 0 Å². The Bertz CT molecular complexity index is 691. The van der Waals surface area contributed by atoms with Gasteiger partial charge in [-0.2, -0.15) is 5.10 Å². The molecule has 0 saturated carbocycles. The number of hydrogen-bond donors (Lipinski definition) is 1. The number of pyridine rings is 2. The summed E-state index contributed by atoms with van der Waals surface area (Å²) in [6.07, 6.45) is 7.22. The normalized spacial score (nSPS) is 10.4. The quantitative estimate of drug-likeness (QED) is 0.787. The van der Waals surface area contributed by atoms with Crippen molar-refractivity contribution in [2.75, 3.05) is 5.32 Å². The lowest BCUT2D eigenvalue weighted by Gasteiger charge is -2.10. The lowest BCUT2D eigenvalue weighted by Crippen LogP contribution is -2.07. The van der Waals surface area contributed by atoms with Crippen LogP contribution in [0, 0.1) is 6.92 Å². The first kappa shape index (κ1) is 12.3. The molecule has 0 bridgehead atoms. The zero-order chi connectivity index (χ0) is 13.8. The highest BCUT2D eigenvalue weighted by atomic mass is 15.3. The maximum absolute atomic E-state index is 4.40. The molecule has 3 aromatic heterocycles.